The third kappa shape index (κ3) is 3.68. The van der Waals surface area contributed by atoms with E-state index in [1.165, 1.54) is 26.2 Å². The number of para-hydroxylation sites is 1. The van der Waals surface area contributed by atoms with E-state index < -0.39 is 24.0 Å². The number of rotatable bonds is 7. The molecule has 0 spiro atoms. The highest BCUT2D eigenvalue weighted by Gasteiger charge is 2.61. The standard InChI is InChI=1S/C27H26N2O7/c1-32-18-12-10-16(11-13-18)28-26(30)23-24(19-14-21(34-3)22(35-4)15-20(19)33-2)29(36-25(23)27(28)31)17-8-6-5-7-9-17/h5-15,23-25H,1-4H3/t23-,24-,25-/m0/s1. The fourth-order valence-corrected chi connectivity index (χ4v) is 4.80. The van der Waals surface area contributed by atoms with Crippen LogP contribution >= 0.6 is 0 Å². The molecule has 2 saturated heterocycles. The first-order valence-electron chi connectivity index (χ1n) is 11.3. The monoisotopic (exact) mass is 490 g/mol. The van der Waals surface area contributed by atoms with Gasteiger partial charge in [-0.3, -0.25) is 14.4 Å². The predicted octanol–water partition coefficient (Wildman–Crippen LogP) is 3.77. The zero-order chi connectivity index (χ0) is 25.4. The summed E-state index contributed by atoms with van der Waals surface area (Å²) in [5.41, 5.74) is 1.78. The normalized spacial score (nSPS) is 20.9. The van der Waals surface area contributed by atoms with Gasteiger partial charge in [0.15, 0.2) is 17.6 Å². The Morgan fingerprint density at radius 3 is 1.94 bits per heavy atom. The summed E-state index contributed by atoms with van der Waals surface area (Å²) < 4.78 is 21.9. The fourth-order valence-electron chi connectivity index (χ4n) is 4.80. The average Bonchev–Trinajstić information content (AvgIpc) is 3.43. The lowest BCUT2D eigenvalue weighted by Crippen LogP contribution is -2.37. The molecule has 0 aromatic heterocycles. The van der Waals surface area contributed by atoms with Gasteiger partial charge in [0.1, 0.15) is 23.5 Å². The van der Waals surface area contributed by atoms with Gasteiger partial charge in [-0.1, -0.05) is 18.2 Å². The molecule has 0 radical (unpaired) electrons. The minimum Gasteiger partial charge on any atom is -0.497 e. The van der Waals surface area contributed by atoms with Gasteiger partial charge in [-0.15, -0.1) is 0 Å². The van der Waals surface area contributed by atoms with Crippen LogP contribution in [0.4, 0.5) is 11.4 Å². The number of anilines is 2. The maximum absolute atomic E-state index is 13.9. The van der Waals surface area contributed by atoms with Crippen LogP contribution in [0.3, 0.4) is 0 Å². The first kappa shape index (κ1) is 23.5. The second kappa shape index (κ2) is 9.43. The topological polar surface area (TPSA) is 86.8 Å². The van der Waals surface area contributed by atoms with Gasteiger partial charge in [-0.05, 0) is 42.5 Å². The number of benzene rings is 3. The average molecular weight is 491 g/mol. The number of imide groups is 1. The molecule has 0 N–H and O–H groups in total. The molecule has 0 saturated carbocycles. The number of ether oxygens (including phenoxy) is 4. The van der Waals surface area contributed by atoms with E-state index in [4.69, 9.17) is 23.8 Å². The molecular formula is C27H26N2O7. The van der Waals surface area contributed by atoms with Gasteiger partial charge in [0.2, 0.25) is 5.91 Å². The molecule has 36 heavy (non-hydrogen) atoms. The van der Waals surface area contributed by atoms with Crippen molar-refractivity contribution in [2.24, 2.45) is 5.92 Å². The Morgan fingerprint density at radius 2 is 1.33 bits per heavy atom. The fraction of sp³-hybridized carbons (Fsp3) is 0.259. The lowest BCUT2D eigenvalue weighted by atomic mass is 9.89. The summed E-state index contributed by atoms with van der Waals surface area (Å²) in [4.78, 5) is 34.8. The second-order valence-corrected chi connectivity index (χ2v) is 8.32. The minimum absolute atomic E-state index is 0.365. The number of hydrogen-bond donors (Lipinski definition) is 0. The molecule has 0 aliphatic carbocycles. The van der Waals surface area contributed by atoms with E-state index in [0.717, 1.165) is 0 Å². The first-order chi connectivity index (χ1) is 17.5. The minimum atomic E-state index is -1.01. The van der Waals surface area contributed by atoms with Crippen LogP contribution in [-0.4, -0.2) is 46.4 Å². The molecule has 0 bridgehead atoms. The van der Waals surface area contributed by atoms with Crippen LogP contribution in [0, 0.1) is 5.92 Å². The van der Waals surface area contributed by atoms with Crippen molar-refractivity contribution in [2.75, 3.05) is 38.4 Å². The molecule has 0 unspecified atom stereocenters. The lowest BCUT2D eigenvalue weighted by molar-refractivity contribution is -0.126. The Kier molecular flexibility index (Phi) is 6.15. The van der Waals surface area contributed by atoms with E-state index in [1.54, 1.807) is 48.6 Å². The lowest BCUT2D eigenvalue weighted by Gasteiger charge is -2.30. The summed E-state index contributed by atoms with van der Waals surface area (Å²) in [7, 11) is 6.16. The van der Waals surface area contributed by atoms with Crippen LogP contribution in [0.25, 0.3) is 0 Å². The molecular weight excluding hydrogens is 464 g/mol. The van der Waals surface area contributed by atoms with Crippen LogP contribution in [-0.2, 0) is 14.4 Å². The van der Waals surface area contributed by atoms with Gasteiger partial charge < -0.3 is 18.9 Å². The predicted molar refractivity (Wildman–Crippen MR) is 132 cm³/mol. The van der Waals surface area contributed by atoms with Crippen LogP contribution in [0.2, 0.25) is 0 Å². The third-order valence-corrected chi connectivity index (χ3v) is 6.51. The summed E-state index contributed by atoms with van der Waals surface area (Å²) in [6.07, 6.45) is -1.01. The molecule has 3 atom stereocenters. The maximum atomic E-state index is 13.9. The highest BCUT2D eigenvalue weighted by atomic mass is 16.7. The number of nitrogens with zero attached hydrogens (tertiary/aromatic N) is 2. The Bertz CT molecular complexity index is 1280. The summed E-state index contributed by atoms with van der Waals surface area (Å²) >= 11 is 0. The summed E-state index contributed by atoms with van der Waals surface area (Å²) in [5, 5.41) is 1.61. The molecule has 3 aromatic carbocycles. The van der Waals surface area contributed by atoms with Crippen molar-refractivity contribution in [1.82, 2.24) is 0 Å². The number of hydroxylamine groups is 1. The van der Waals surface area contributed by atoms with Gasteiger partial charge >= 0.3 is 0 Å². The Hall–Kier alpha value is -4.24. The van der Waals surface area contributed by atoms with Gasteiger partial charge in [0.25, 0.3) is 5.91 Å². The zero-order valence-electron chi connectivity index (χ0n) is 20.3. The molecule has 186 valence electrons. The molecule has 2 aliphatic rings. The number of carbonyl (C=O) groups excluding carboxylic acids is 2. The summed E-state index contributed by atoms with van der Waals surface area (Å²) in [6, 6.07) is 18.9. The Labute approximate surface area is 208 Å². The Balaban J connectivity index is 1.63. The second-order valence-electron chi connectivity index (χ2n) is 8.32. The van der Waals surface area contributed by atoms with Crippen molar-refractivity contribution in [3.63, 3.8) is 0 Å². The molecule has 2 aliphatic heterocycles. The van der Waals surface area contributed by atoms with E-state index in [1.807, 2.05) is 30.3 Å². The zero-order valence-corrected chi connectivity index (χ0v) is 20.3. The van der Waals surface area contributed by atoms with Crippen molar-refractivity contribution in [3.05, 3.63) is 72.3 Å². The molecule has 9 nitrogen and oxygen atoms in total. The van der Waals surface area contributed by atoms with Crippen LogP contribution in [0.15, 0.2) is 66.7 Å². The van der Waals surface area contributed by atoms with E-state index >= 15 is 0 Å². The van der Waals surface area contributed by atoms with E-state index in [-0.39, 0.29) is 5.91 Å². The van der Waals surface area contributed by atoms with E-state index in [0.29, 0.717) is 39.9 Å². The maximum Gasteiger partial charge on any atom is 0.266 e. The number of hydrogen-bond acceptors (Lipinski definition) is 8. The first-order valence-corrected chi connectivity index (χ1v) is 11.3. The highest BCUT2D eigenvalue weighted by molar-refractivity contribution is 6.24. The summed E-state index contributed by atoms with van der Waals surface area (Å²) in [6.45, 7) is 0. The summed E-state index contributed by atoms with van der Waals surface area (Å²) in [5.74, 6) is 0.422. The van der Waals surface area contributed by atoms with Crippen LogP contribution in [0.5, 0.6) is 23.0 Å². The smallest absolute Gasteiger partial charge is 0.266 e. The molecule has 9 heteroatoms. The number of fused-ring (bicyclic) bond motifs is 1. The number of carbonyl (C=O) groups is 2. The number of amides is 2. The Morgan fingerprint density at radius 1 is 0.694 bits per heavy atom. The molecule has 2 amide bonds. The highest BCUT2D eigenvalue weighted by Crippen LogP contribution is 2.51. The van der Waals surface area contributed by atoms with Gasteiger partial charge in [0.05, 0.1) is 39.8 Å². The SMILES string of the molecule is COc1ccc(N2C(=O)[C@@H]3[C@H](ON(c4ccccc4)[C@H]3c3cc(OC)c(OC)cc3OC)C2=O)cc1. The molecule has 3 aromatic rings. The number of methoxy groups -OCH3 is 4. The molecule has 5 rings (SSSR count). The van der Waals surface area contributed by atoms with Crippen molar-refractivity contribution < 1.29 is 33.4 Å². The van der Waals surface area contributed by atoms with Crippen LogP contribution < -0.4 is 28.9 Å². The van der Waals surface area contributed by atoms with Crippen molar-refractivity contribution in [3.8, 4) is 23.0 Å². The van der Waals surface area contributed by atoms with Gasteiger partial charge in [-0.25, -0.2) is 9.96 Å². The van der Waals surface area contributed by atoms with Gasteiger partial charge in [-0.2, -0.15) is 0 Å². The molecule has 2 heterocycles. The van der Waals surface area contributed by atoms with E-state index in [2.05, 4.69) is 0 Å². The van der Waals surface area contributed by atoms with Crippen molar-refractivity contribution in [1.29, 1.82) is 0 Å². The van der Waals surface area contributed by atoms with Crippen molar-refractivity contribution in [2.45, 2.75) is 12.1 Å². The quantitative estimate of drug-likeness (QED) is 0.463. The van der Waals surface area contributed by atoms with Gasteiger partial charge in [0, 0.05) is 11.6 Å². The van der Waals surface area contributed by atoms with E-state index in [9.17, 15) is 9.59 Å². The largest absolute Gasteiger partial charge is 0.497 e. The van der Waals surface area contributed by atoms with Crippen LogP contribution in [0.1, 0.15) is 11.6 Å². The third-order valence-electron chi connectivity index (χ3n) is 6.51. The molecule has 2 fully saturated rings. The van der Waals surface area contributed by atoms with Crippen molar-refractivity contribution >= 4 is 23.2 Å².